The molecule has 4 aliphatic heterocycles. The molecule has 3 aromatic rings. The van der Waals surface area contributed by atoms with Crippen LogP contribution >= 0.6 is 0 Å². The Morgan fingerprint density at radius 2 is 1.81 bits per heavy atom. The largest absolute Gasteiger partial charge is 0.453 e. The van der Waals surface area contributed by atoms with E-state index >= 15 is 0 Å². The quantitative estimate of drug-likeness (QED) is 0.467. The number of aromatic nitrogens is 2. The summed E-state index contributed by atoms with van der Waals surface area (Å²) in [5, 5.41) is 5.41. The number of amidine groups is 1. The summed E-state index contributed by atoms with van der Waals surface area (Å²) in [6, 6.07) is 14.4. The molecule has 4 aliphatic rings. The maximum Gasteiger partial charge on any atom is 0.409 e. The molecule has 0 radical (unpaired) electrons. The lowest BCUT2D eigenvalue weighted by Gasteiger charge is -2.43. The molecule has 0 aliphatic carbocycles. The highest BCUT2D eigenvalue weighted by Crippen LogP contribution is 2.36. The van der Waals surface area contributed by atoms with Gasteiger partial charge in [-0.25, -0.2) is 9.79 Å². The Morgan fingerprint density at radius 1 is 1.05 bits per heavy atom. The van der Waals surface area contributed by atoms with Gasteiger partial charge in [-0.05, 0) is 48.4 Å². The average Bonchev–Trinajstić information content (AvgIpc) is 3.80. The van der Waals surface area contributed by atoms with Gasteiger partial charge in [0.05, 0.1) is 31.9 Å². The number of ether oxygens (including phenoxy) is 2. The van der Waals surface area contributed by atoms with E-state index in [1.807, 2.05) is 47.1 Å². The topological polar surface area (TPSA) is 110 Å². The Hall–Kier alpha value is -4.25. The molecule has 2 aromatic carbocycles. The number of carbonyl (C=O) groups is 3. The predicted octanol–water partition coefficient (Wildman–Crippen LogP) is 2.68. The highest BCUT2D eigenvalue weighted by Gasteiger charge is 2.58. The van der Waals surface area contributed by atoms with Gasteiger partial charge in [0.25, 0.3) is 11.8 Å². The van der Waals surface area contributed by atoms with E-state index in [1.54, 1.807) is 4.90 Å². The minimum absolute atomic E-state index is 0.0564. The number of fused-ring (bicyclic) bond motifs is 1. The Kier molecular flexibility index (Phi) is 6.49. The van der Waals surface area contributed by atoms with Crippen molar-refractivity contribution in [1.82, 2.24) is 24.5 Å². The number of nitrogens with zero attached hydrogens (tertiary/aromatic N) is 6. The molecule has 2 atom stereocenters. The van der Waals surface area contributed by atoms with Crippen molar-refractivity contribution in [3.8, 4) is 11.1 Å². The summed E-state index contributed by atoms with van der Waals surface area (Å²) in [7, 11) is 3.26. The van der Waals surface area contributed by atoms with E-state index in [-0.39, 0.29) is 36.9 Å². The van der Waals surface area contributed by atoms with E-state index in [4.69, 9.17) is 14.5 Å². The van der Waals surface area contributed by atoms with Crippen molar-refractivity contribution in [2.75, 3.05) is 46.4 Å². The summed E-state index contributed by atoms with van der Waals surface area (Å²) in [5.74, 6) is 0.693. The van der Waals surface area contributed by atoms with Gasteiger partial charge in [-0.3, -0.25) is 19.2 Å². The first-order valence-electron chi connectivity index (χ1n) is 14.5. The summed E-state index contributed by atoms with van der Waals surface area (Å²) < 4.78 is 12.3. The molecule has 42 heavy (non-hydrogen) atoms. The molecular weight excluding hydrogens is 536 g/mol. The second kappa shape index (κ2) is 10.2. The summed E-state index contributed by atoms with van der Waals surface area (Å²) in [5.41, 5.74) is 3.04. The van der Waals surface area contributed by atoms with Crippen molar-refractivity contribution in [3.05, 3.63) is 54.2 Å². The minimum atomic E-state index is -1.00. The maximum atomic E-state index is 13.9. The number of hydrogen-bond donors (Lipinski definition) is 0. The third-order valence-electron chi connectivity index (χ3n) is 9.02. The molecule has 1 aromatic heterocycles. The van der Waals surface area contributed by atoms with E-state index in [9.17, 15) is 14.4 Å². The van der Waals surface area contributed by atoms with Gasteiger partial charge in [0.2, 0.25) is 0 Å². The smallest absolute Gasteiger partial charge is 0.409 e. The van der Waals surface area contributed by atoms with Crippen molar-refractivity contribution in [3.63, 3.8) is 0 Å². The molecule has 0 unspecified atom stereocenters. The van der Waals surface area contributed by atoms with Crippen LogP contribution in [-0.2, 0) is 26.1 Å². The predicted molar refractivity (Wildman–Crippen MR) is 155 cm³/mol. The van der Waals surface area contributed by atoms with E-state index in [0.717, 1.165) is 46.9 Å². The van der Waals surface area contributed by atoms with Crippen LogP contribution in [-0.4, -0.2) is 106 Å². The normalized spacial score (nSPS) is 23.1. The van der Waals surface area contributed by atoms with Crippen molar-refractivity contribution >= 4 is 34.6 Å². The van der Waals surface area contributed by atoms with Crippen LogP contribution in [0.2, 0.25) is 0 Å². The molecule has 0 saturated carbocycles. The number of hydrogen-bond acceptors (Lipinski definition) is 7. The molecule has 3 amide bonds. The standard InChI is InChI=1S/C31H34N6O5/c1-34-25-10-9-23(14-24(25)15-32-34)21-5-7-22(8-6-21)27-33-31(18-36(19-31)30(40)41-2)29(39)37(27)17-20-11-12-35(16-20)28(38)26-4-3-13-42-26/h5-10,14-15,20,26H,3-4,11-13,16-19H2,1-2H3/t20-,26-/m1/s1. The van der Waals surface area contributed by atoms with E-state index in [0.29, 0.717) is 32.1 Å². The summed E-state index contributed by atoms with van der Waals surface area (Å²) in [6.45, 7) is 2.73. The minimum Gasteiger partial charge on any atom is -0.453 e. The number of rotatable bonds is 5. The Labute approximate surface area is 243 Å². The Balaban J connectivity index is 1.13. The number of aryl methyl sites for hydroxylation is 1. The van der Waals surface area contributed by atoms with Crippen LogP contribution in [0.3, 0.4) is 0 Å². The highest BCUT2D eigenvalue weighted by molar-refractivity contribution is 6.16. The van der Waals surface area contributed by atoms with Crippen LogP contribution in [0.15, 0.2) is 53.7 Å². The van der Waals surface area contributed by atoms with Crippen LogP contribution in [0.5, 0.6) is 0 Å². The molecule has 5 heterocycles. The number of aliphatic imine (C=N–C) groups is 1. The molecule has 3 saturated heterocycles. The number of carbonyl (C=O) groups excluding carboxylic acids is 3. The molecular formula is C31H34N6O5. The summed E-state index contributed by atoms with van der Waals surface area (Å²) >= 11 is 0. The first kappa shape index (κ1) is 26.6. The van der Waals surface area contributed by atoms with Crippen molar-refractivity contribution < 1.29 is 23.9 Å². The molecule has 0 bridgehead atoms. The Morgan fingerprint density at radius 3 is 2.55 bits per heavy atom. The first-order valence-corrected chi connectivity index (χ1v) is 14.5. The highest BCUT2D eigenvalue weighted by atomic mass is 16.5. The lowest BCUT2D eigenvalue weighted by molar-refractivity contribution is -0.139. The third kappa shape index (κ3) is 4.43. The summed E-state index contributed by atoms with van der Waals surface area (Å²) in [6.07, 6.45) is 3.56. The van der Waals surface area contributed by atoms with Gasteiger partial charge in [0.1, 0.15) is 11.9 Å². The lowest BCUT2D eigenvalue weighted by atomic mass is 9.90. The van der Waals surface area contributed by atoms with E-state index in [2.05, 4.69) is 23.3 Å². The Bertz CT molecular complexity index is 1580. The zero-order chi connectivity index (χ0) is 29.0. The molecule has 11 nitrogen and oxygen atoms in total. The van der Waals surface area contributed by atoms with E-state index < -0.39 is 11.6 Å². The van der Waals surface area contributed by atoms with E-state index in [1.165, 1.54) is 12.0 Å². The summed E-state index contributed by atoms with van der Waals surface area (Å²) in [4.78, 5) is 49.0. The van der Waals surface area contributed by atoms with Crippen molar-refractivity contribution in [2.45, 2.75) is 30.9 Å². The van der Waals surface area contributed by atoms with Gasteiger partial charge >= 0.3 is 6.09 Å². The van der Waals surface area contributed by atoms with Crippen molar-refractivity contribution in [2.24, 2.45) is 18.0 Å². The number of benzene rings is 2. The van der Waals surface area contributed by atoms with Crippen LogP contribution in [0, 0.1) is 5.92 Å². The lowest BCUT2D eigenvalue weighted by Crippen LogP contribution is -2.66. The second-order valence-corrected chi connectivity index (χ2v) is 11.8. The van der Waals surface area contributed by atoms with Gasteiger partial charge in [-0.15, -0.1) is 0 Å². The molecule has 218 valence electrons. The monoisotopic (exact) mass is 570 g/mol. The number of amides is 3. The fourth-order valence-electron chi connectivity index (χ4n) is 6.67. The molecule has 1 spiro atoms. The van der Waals surface area contributed by atoms with Crippen LogP contribution < -0.4 is 0 Å². The van der Waals surface area contributed by atoms with Crippen LogP contribution in [0.1, 0.15) is 24.8 Å². The van der Waals surface area contributed by atoms with Crippen molar-refractivity contribution in [1.29, 1.82) is 0 Å². The van der Waals surface area contributed by atoms with Gasteiger partial charge in [-0.2, -0.15) is 5.10 Å². The van der Waals surface area contributed by atoms with Gasteiger partial charge in [-0.1, -0.05) is 30.3 Å². The fraction of sp³-hybridized carbons (Fsp3) is 0.452. The maximum absolute atomic E-state index is 13.9. The molecule has 0 N–H and O–H groups in total. The second-order valence-electron chi connectivity index (χ2n) is 11.8. The third-order valence-corrected chi connectivity index (χ3v) is 9.02. The van der Waals surface area contributed by atoms with Crippen LogP contribution in [0.4, 0.5) is 4.79 Å². The van der Waals surface area contributed by atoms with Gasteiger partial charge in [0.15, 0.2) is 5.54 Å². The number of likely N-dealkylation sites (tertiary alicyclic amines) is 2. The fourth-order valence-corrected chi connectivity index (χ4v) is 6.67. The molecule has 7 rings (SSSR count). The molecule has 3 fully saturated rings. The zero-order valence-electron chi connectivity index (χ0n) is 23.9. The molecule has 11 heteroatoms. The SMILES string of the molecule is COC(=O)N1CC2(C1)N=C(c1ccc(-c3ccc4c(cnn4C)c3)cc1)N(C[C@@H]1CCN(C(=O)[C@H]3CCCO3)C1)C2=O. The first-order chi connectivity index (χ1) is 20.3. The zero-order valence-corrected chi connectivity index (χ0v) is 23.9. The average molecular weight is 571 g/mol. The van der Waals surface area contributed by atoms with Gasteiger partial charge in [0, 0.05) is 44.2 Å². The van der Waals surface area contributed by atoms with Crippen LogP contribution in [0.25, 0.3) is 22.0 Å². The van der Waals surface area contributed by atoms with Gasteiger partial charge < -0.3 is 19.3 Å². The number of methoxy groups -OCH3 is 1.